The van der Waals surface area contributed by atoms with Gasteiger partial charge in [0.05, 0.1) is 6.61 Å². The van der Waals surface area contributed by atoms with E-state index in [9.17, 15) is 15.3 Å². The topological polar surface area (TPSA) is 79.2 Å². The fraction of sp³-hybridized carbons (Fsp3) is 0.455. The largest absolute Gasteiger partial charge is 0.394 e. The van der Waals surface area contributed by atoms with E-state index in [0.717, 1.165) is 24.0 Å². The van der Waals surface area contributed by atoms with Crippen LogP contribution in [-0.4, -0.2) is 53.5 Å². The highest BCUT2D eigenvalue weighted by atomic mass is 16.6. The number of aliphatic hydroxyl groups is 3. The number of methoxy groups -OCH3 is 1. The summed E-state index contributed by atoms with van der Waals surface area (Å²) in [5.41, 5.74) is 4.43. The van der Waals surface area contributed by atoms with E-state index in [4.69, 9.17) is 9.47 Å². The lowest BCUT2D eigenvalue weighted by molar-refractivity contribution is -0.238. The van der Waals surface area contributed by atoms with E-state index >= 15 is 0 Å². The lowest BCUT2D eigenvalue weighted by atomic mass is 9.90. The third-order valence-electron chi connectivity index (χ3n) is 5.26. The summed E-state index contributed by atoms with van der Waals surface area (Å²) < 4.78 is 11.0. The van der Waals surface area contributed by atoms with Gasteiger partial charge in [0.1, 0.15) is 30.5 Å². The fourth-order valence-corrected chi connectivity index (χ4v) is 3.65. The molecule has 0 amide bonds. The van der Waals surface area contributed by atoms with Crippen molar-refractivity contribution in [2.24, 2.45) is 0 Å². The lowest BCUT2D eigenvalue weighted by Gasteiger charge is -2.41. The zero-order valence-corrected chi connectivity index (χ0v) is 15.8. The highest BCUT2D eigenvalue weighted by Gasteiger charge is 2.45. The van der Waals surface area contributed by atoms with Gasteiger partial charge in [-0.3, -0.25) is 0 Å². The quantitative estimate of drug-likeness (QED) is 0.723. The van der Waals surface area contributed by atoms with E-state index in [2.05, 4.69) is 31.2 Å². The van der Waals surface area contributed by atoms with Crippen molar-refractivity contribution in [1.82, 2.24) is 0 Å². The van der Waals surface area contributed by atoms with Crippen molar-refractivity contribution < 1.29 is 24.8 Å². The molecule has 3 rings (SSSR count). The summed E-state index contributed by atoms with van der Waals surface area (Å²) in [6.07, 6.45) is -2.58. The molecular weight excluding hydrogens is 344 g/mol. The van der Waals surface area contributed by atoms with Crippen LogP contribution in [0, 0.1) is 0 Å². The number of ether oxygens (including phenoxy) is 2. The molecule has 2 aromatic carbocycles. The molecule has 0 bridgehead atoms. The van der Waals surface area contributed by atoms with Crippen molar-refractivity contribution in [3.63, 3.8) is 0 Å². The van der Waals surface area contributed by atoms with Crippen LogP contribution in [0.25, 0.3) is 0 Å². The molecule has 1 saturated heterocycles. The van der Waals surface area contributed by atoms with Crippen molar-refractivity contribution in [3.05, 3.63) is 70.8 Å². The number of hydrogen-bond donors (Lipinski definition) is 3. The highest BCUT2D eigenvalue weighted by molar-refractivity contribution is 5.32. The summed E-state index contributed by atoms with van der Waals surface area (Å²) in [4.78, 5) is 0. The summed E-state index contributed by atoms with van der Waals surface area (Å²) in [6, 6.07) is 16.4. The highest BCUT2D eigenvalue weighted by Crippen LogP contribution is 2.34. The molecule has 0 unspecified atom stereocenters. The van der Waals surface area contributed by atoms with E-state index in [0.29, 0.717) is 0 Å². The third-order valence-corrected chi connectivity index (χ3v) is 5.26. The smallest absolute Gasteiger partial charge is 0.114 e. The SMILES string of the molecule is CCc1ccc(Cc2cccc([C@@H]3O[C@H](CO)[C@@H](O)[C@H](OC)[C@H]3O)c2)cc1. The molecule has 0 spiro atoms. The van der Waals surface area contributed by atoms with E-state index in [-0.39, 0.29) is 6.61 Å². The zero-order chi connectivity index (χ0) is 19.4. The van der Waals surface area contributed by atoms with Gasteiger partial charge in [-0.25, -0.2) is 0 Å². The van der Waals surface area contributed by atoms with E-state index in [1.54, 1.807) is 0 Å². The first-order valence-electron chi connectivity index (χ1n) is 9.39. The van der Waals surface area contributed by atoms with Crippen LogP contribution in [0.3, 0.4) is 0 Å². The van der Waals surface area contributed by atoms with Gasteiger partial charge in [-0.05, 0) is 35.1 Å². The zero-order valence-electron chi connectivity index (χ0n) is 15.8. The van der Waals surface area contributed by atoms with Crippen LogP contribution in [-0.2, 0) is 22.3 Å². The van der Waals surface area contributed by atoms with Crippen LogP contribution in [0.5, 0.6) is 0 Å². The van der Waals surface area contributed by atoms with Gasteiger partial charge in [-0.15, -0.1) is 0 Å². The molecule has 5 nitrogen and oxygen atoms in total. The Morgan fingerprint density at radius 3 is 2.30 bits per heavy atom. The molecule has 3 N–H and O–H groups in total. The predicted molar refractivity (Wildman–Crippen MR) is 103 cm³/mol. The van der Waals surface area contributed by atoms with Crippen molar-refractivity contribution >= 4 is 0 Å². The lowest BCUT2D eigenvalue weighted by Crippen LogP contribution is -2.56. The van der Waals surface area contributed by atoms with E-state index in [1.165, 1.54) is 18.2 Å². The van der Waals surface area contributed by atoms with Gasteiger partial charge in [-0.2, -0.15) is 0 Å². The molecule has 5 heteroatoms. The van der Waals surface area contributed by atoms with Crippen molar-refractivity contribution in [3.8, 4) is 0 Å². The second-order valence-corrected chi connectivity index (χ2v) is 7.05. The molecule has 2 aromatic rings. The fourth-order valence-electron chi connectivity index (χ4n) is 3.65. The van der Waals surface area contributed by atoms with Crippen molar-refractivity contribution in [2.45, 2.75) is 50.3 Å². The third kappa shape index (κ3) is 4.39. The molecule has 5 atom stereocenters. The summed E-state index contributed by atoms with van der Waals surface area (Å²) in [5, 5.41) is 30.3. The number of aliphatic hydroxyl groups excluding tert-OH is 3. The maximum Gasteiger partial charge on any atom is 0.114 e. The molecule has 0 saturated carbocycles. The van der Waals surface area contributed by atoms with Crippen LogP contribution in [0.15, 0.2) is 48.5 Å². The van der Waals surface area contributed by atoms with E-state index < -0.39 is 30.5 Å². The molecule has 1 aliphatic heterocycles. The maximum absolute atomic E-state index is 10.6. The van der Waals surface area contributed by atoms with Gasteiger partial charge in [0.15, 0.2) is 0 Å². The first-order chi connectivity index (χ1) is 13.1. The maximum atomic E-state index is 10.6. The minimum atomic E-state index is -1.08. The Bertz CT molecular complexity index is 730. The molecule has 27 heavy (non-hydrogen) atoms. The van der Waals surface area contributed by atoms with Crippen LogP contribution >= 0.6 is 0 Å². The van der Waals surface area contributed by atoms with Gasteiger partial charge in [0, 0.05) is 7.11 Å². The van der Waals surface area contributed by atoms with E-state index in [1.807, 2.05) is 24.3 Å². The summed E-state index contributed by atoms with van der Waals surface area (Å²) in [6.45, 7) is 1.80. The Kier molecular flexibility index (Phi) is 6.63. The van der Waals surface area contributed by atoms with Gasteiger partial charge in [0.2, 0.25) is 0 Å². The average molecular weight is 372 g/mol. The van der Waals surface area contributed by atoms with Gasteiger partial charge >= 0.3 is 0 Å². The second-order valence-electron chi connectivity index (χ2n) is 7.05. The summed E-state index contributed by atoms with van der Waals surface area (Å²) >= 11 is 0. The molecule has 1 heterocycles. The Morgan fingerprint density at radius 1 is 0.963 bits per heavy atom. The second kappa shape index (κ2) is 8.95. The molecular formula is C22H28O5. The Hall–Kier alpha value is -1.76. The van der Waals surface area contributed by atoms with Crippen molar-refractivity contribution in [1.29, 1.82) is 0 Å². The number of aryl methyl sites for hydroxylation is 1. The molecule has 1 fully saturated rings. The predicted octanol–water partition coefficient (Wildman–Crippen LogP) is 2.01. The molecule has 146 valence electrons. The van der Waals surface area contributed by atoms with Crippen LogP contribution in [0.2, 0.25) is 0 Å². The van der Waals surface area contributed by atoms with Crippen LogP contribution in [0.1, 0.15) is 35.3 Å². The minimum absolute atomic E-state index is 0.340. The summed E-state index contributed by atoms with van der Waals surface area (Å²) in [7, 11) is 1.43. The van der Waals surface area contributed by atoms with Gasteiger partial charge < -0.3 is 24.8 Å². The number of benzene rings is 2. The molecule has 0 aliphatic carbocycles. The average Bonchev–Trinajstić information content (AvgIpc) is 2.69. The van der Waals surface area contributed by atoms with Crippen LogP contribution in [0.4, 0.5) is 0 Å². The number of hydrogen-bond acceptors (Lipinski definition) is 5. The van der Waals surface area contributed by atoms with Crippen LogP contribution < -0.4 is 0 Å². The minimum Gasteiger partial charge on any atom is -0.394 e. The first kappa shape index (κ1) is 20.0. The Morgan fingerprint density at radius 2 is 1.67 bits per heavy atom. The first-order valence-corrected chi connectivity index (χ1v) is 9.39. The Balaban J connectivity index is 1.81. The van der Waals surface area contributed by atoms with Gasteiger partial charge in [0.25, 0.3) is 0 Å². The summed E-state index contributed by atoms with van der Waals surface area (Å²) in [5.74, 6) is 0. The monoisotopic (exact) mass is 372 g/mol. The standard InChI is InChI=1S/C22H28O5/c1-3-14-7-9-15(10-8-14)11-16-5-4-6-17(12-16)21-20(25)22(26-2)19(24)18(13-23)27-21/h4-10,12,18-25H,3,11,13H2,1-2H3/t18-,19-,20+,21+,22+/m1/s1. The van der Waals surface area contributed by atoms with Crippen molar-refractivity contribution in [2.75, 3.05) is 13.7 Å². The molecule has 0 radical (unpaired) electrons. The Labute approximate surface area is 160 Å². The molecule has 0 aromatic heterocycles. The number of rotatable bonds is 6. The van der Waals surface area contributed by atoms with Gasteiger partial charge in [-0.1, -0.05) is 55.5 Å². The molecule has 1 aliphatic rings. The normalized spacial score (nSPS) is 28.3.